The maximum atomic E-state index is 6.20. The van der Waals surface area contributed by atoms with E-state index < -0.39 is 0 Å². The third-order valence-electron chi connectivity index (χ3n) is 4.53. The topological polar surface area (TPSA) is 40.0 Å². The Kier molecular flexibility index (Phi) is 4.50. The van der Waals surface area contributed by atoms with Gasteiger partial charge in [0.1, 0.15) is 12.3 Å². The summed E-state index contributed by atoms with van der Waals surface area (Å²) in [6, 6.07) is 4.54. The molecule has 1 aliphatic carbocycles. The van der Waals surface area contributed by atoms with Crippen molar-refractivity contribution in [3.05, 3.63) is 34.4 Å². The van der Waals surface area contributed by atoms with Gasteiger partial charge in [-0.25, -0.2) is 0 Å². The Morgan fingerprint density at radius 2 is 2.14 bits per heavy atom. The zero-order valence-corrected chi connectivity index (χ0v) is 13.9. The third-order valence-corrected chi connectivity index (χ3v) is 4.53. The van der Waals surface area contributed by atoms with Crippen LogP contribution in [0.25, 0.3) is 0 Å². The van der Waals surface area contributed by atoms with E-state index in [0.717, 1.165) is 18.6 Å². The molecule has 22 heavy (non-hydrogen) atoms. The van der Waals surface area contributed by atoms with Crippen LogP contribution >= 0.6 is 0 Å². The largest absolute Gasteiger partial charge is 0.396 e. The second-order valence-electron chi connectivity index (χ2n) is 6.16. The van der Waals surface area contributed by atoms with Gasteiger partial charge in [0.25, 0.3) is 0 Å². The molecule has 0 amide bonds. The van der Waals surface area contributed by atoms with Crippen LogP contribution in [0, 0.1) is 13.8 Å². The summed E-state index contributed by atoms with van der Waals surface area (Å²) in [5.74, 6) is 0.344. The Balaban J connectivity index is 1.78. The lowest BCUT2D eigenvalue weighted by molar-refractivity contribution is -0.183. The second-order valence-corrected chi connectivity index (χ2v) is 6.16. The molecular formula is C18H25NO3. The van der Waals surface area contributed by atoms with E-state index in [1.54, 1.807) is 0 Å². The lowest BCUT2D eigenvalue weighted by Crippen LogP contribution is -2.41. The highest BCUT2D eigenvalue weighted by Crippen LogP contribution is 2.41. The van der Waals surface area contributed by atoms with E-state index in [1.165, 1.54) is 22.3 Å². The first-order valence-corrected chi connectivity index (χ1v) is 8.19. The van der Waals surface area contributed by atoms with Crippen LogP contribution in [0.15, 0.2) is 17.3 Å². The molecule has 0 aromatic heterocycles. The van der Waals surface area contributed by atoms with E-state index in [4.69, 9.17) is 14.3 Å². The van der Waals surface area contributed by atoms with Gasteiger partial charge in [0, 0.05) is 5.92 Å². The first-order valence-electron chi connectivity index (χ1n) is 8.19. The molecular weight excluding hydrogens is 278 g/mol. The summed E-state index contributed by atoms with van der Waals surface area (Å²) in [6.45, 7) is 9.57. The molecule has 4 nitrogen and oxygen atoms in total. The quantitative estimate of drug-likeness (QED) is 0.631. The molecule has 3 atom stereocenters. The van der Waals surface area contributed by atoms with Gasteiger partial charge < -0.3 is 14.3 Å². The Morgan fingerprint density at radius 1 is 1.32 bits per heavy atom. The molecule has 2 aliphatic rings. The second kappa shape index (κ2) is 6.39. The summed E-state index contributed by atoms with van der Waals surface area (Å²) in [6.07, 6.45) is 1.56. The van der Waals surface area contributed by atoms with Gasteiger partial charge in [0.2, 0.25) is 6.29 Å². The van der Waals surface area contributed by atoms with Gasteiger partial charge in [-0.05, 0) is 50.3 Å². The van der Waals surface area contributed by atoms with Crippen molar-refractivity contribution in [3.63, 3.8) is 0 Å². The average molecular weight is 303 g/mol. The van der Waals surface area contributed by atoms with Gasteiger partial charge in [-0.15, -0.1) is 0 Å². The van der Waals surface area contributed by atoms with Crippen molar-refractivity contribution in [1.29, 1.82) is 0 Å². The number of oxime groups is 1. The normalized spacial score (nSPS) is 27.5. The lowest BCUT2D eigenvalue weighted by Gasteiger charge is -2.33. The lowest BCUT2D eigenvalue weighted by atomic mass is 9.94. The molecule has 1 aliphatic heterocycles. The fourth-order valence-electron chi connectivity index (χ4n) is 3.63. The van der Waals surface area contributed by atoms with Crippen LogP contribution in [-0.2, 0) is 20.7 Å². The summed E-state index contributed by atoms with van der Waals surface area (Å²) in [5.41, 5.74) is 6.35. The Hall–Kier alpha value is -1.39. The zero-order valence-electron chi connectivity index (χ0n) is 13.9. The monoisotopic (exact) mass is 303 g/mol. The highest BCUT2D eigenvalue weighted by molar-refractivity contribution is 5.87. The Bertz CT molecular complexity index is 582. The van der Waals surface area contributed by atoms with Crippen molar-refractivity contribution in [2.45, 2.75) is 58.8 Å². The van der Waals surface area contributed by atoms with E-state index >= 15 is 0 Å². The van der Waals surface area contributed by atoms with Crippen LogP contribution in [0.4, 0.5) is 0 Å². The minimum Gasteiger partial charge on any atom is -0.396 e. The molecule has 0 saturated carbocycles. The van der Waals surface area contributed by atoms with Crippen LogP contribution in [-0.4, -0.2) is 31.3 Å². The average Bonchev–Trinajstić information content (AvgIpc) is 2.85. The van der Waals surface area contributed by atoms with Crippen molar-refractivity contribution in [3.8, 4) is 0 Å². The SMILES string of the molecule is CCON=C(CC)C1OCC2c3c(C)cc(C)cc3CC2O1. The highest BCUT2D eigenvalue weighted by atomic mass is 16.7. The predicted octanol–water partition coefficient (Wildman–Crippen LogP) is 3.49. The number of fused-ring (bicyclic) bond motifs is 3. The number of rotatable bonds is 4. The Morgan fingerprint density at radius 3 is 2.86 bits per heavy atom. The molecule has 3 unspecified atom stereocenters. The molecule has 1 aromatic carbocycles. The van der Waals surface area contributed by atoms with Crippen molar-refractivity contribution in [2.75, 3.05) is 13.2 Å². The number of aryl methyl sites for hydroxylation is 2. The number of hydrogen-bond donors (Lipinski definition) is 0. The van der Waals surface area contributed by atoms with Crippen molar-refractivity contribution >= 4 is 5.71 Å². The summed E-state index contributed by atoms with van der Waals surface area (Å²) in [5, 5.41) is 4.15. The van der Waals surface area contributed by atoms with E-state index in [9.17, 15) is 0 Å². The molecule has 1 heterocycles. The summed E-state index contributed by atoms with van der Waals surface area (Å²) < 4.78 is 12.2. The van der Waals surface area contributed by atoms with Gasteiger partial charge in [-0.3, -0.25) is 0 Å². The zero-order chi connectivity index (χ0) is 15.7. The molecule has 0 bridgehead atoms. The number of ether oxygens (including phenoxy) is 2. The first-order chi connectivity index (χ1) is 10.6. The van der Waals surface area contributed by atoms with E-state index in [1.807, 2.05) is 13.8 Å². The van der Waals surface area contributed by atoms with Gasteiger partial charge in [-0.2, -0.15) is 0 Å². The van der Waals surface area contributed by atoms with Crippen LogP contribution in [0.3, 0.4) is 0 Å². The van der Waals surface area contributed by atoms with E-state index in [2.05, 4.69) is 31.1 Å². The fraction of sp³-hybridized carbons (Fsp3) is 0.611. The summed E-state index contributed by atoms with van der Waals surface area (Å²) >= 11 is 0. The molecule has 0 radical (unpaired) electrons. The number of hydrogen-bond acceptors (Lipinski definition) is 4. The van der Waals surface area contributed by atoms with E-state index in [0.29, 0.717) is 19.1 Å². The van der Waals surface area contributed by atoms with Crippen LogP contribution in [0.1, 0.15) is 48.4 Å². The smallest absolute Gasteiger partial charge is 0.200 e. The fourth-order valence-corrected chi connectivity index (χ4v) is 3.63. The van der Waals surface area contributed by atoms with Gasteiger partial charge in [0.15, 0.2) is 0 Å². The molecule has 0 spiro atoms. The minimum atomic E-state index is -0.367. The van der Waals surface area contributed by atoms with Crippen LogP contribution in [0.2, 0.25) is 0 Å². The number of nitrogens with zero attached hydrogens (tertiary/aromatic N) is 1. The maximum Gasteiger partial charge on any atom is 0.200 e. The van der Waals surface area contributed by atoms with Gasteiger partial charge >= 0.3 is 0 Å². The molecule has 1 saturated heterocycles. The van der Waals surface area contributed by atoms with Gasteiger partial charge in [-0.1, -0.05) is 29.8 Å². The van der Waals surface area contributed by atoms with Crippen LogP contribution in [0.5, 0.6) is 0 Å². The third kappa shape index (κ3) is 2.77. The minimum absolute atomic E-state index is 0.188. The summed E-state index contributed by atoms with van der Waals surface area (Å²) in [4.78, 5) is 5.18. The Labute approximate surface area is 132 Å². The molecule has 1 aromatic rings. The molecule has 0 N–H and O–H groups in total. The molecule has 120 valence electrons. The number of benzene rings is 1. The van der Waals surface area contributed by atoms with Gasteiger partial charge in [0.05, 0.1) is 12.7 Å². The van der Waals surface area contributed by atoms with Crippen LogP contribution < -0.4 is 0 Å². The first kappa shape index (κ1) is 15.5. The molecule has 1 fully saturated rings. The van der Waals surface area contributed by atoms with Crippen molar-refractivity contribution in [2.24, 2.45) is 5.16 Å². The summed E-state index contributed by atoms with van der Waals surface area (Å²) in [7, 11) is 0. The maximum absolute atomic E-state index is 6.20. The molecule has 4 heteroatoms. The van der Waals surface area contributed by atoms with Crippen molar-refractivity contribution in [1.82, 2.24) is 0 Å². The highest BCUT2D eigenvalue weighted by Gasteiger charge is 2.41. The molecule has 3 rings (SSSR count). The predicted molar refractivity (Wildman–Crippen MR) is 86.3 cm³/mol. The van der Waals surface area contributed by atoms with E-state index in [-0.39, 0.29) is 12.4 Å². The van der Waals surface area contributed by atoms with Crippen molar-refractivity contribution < 1.29 is 14.3 Å². The standard InChI is InChI=1S/C18H25NO3/c1-5-15(19-21-6-2)18-20-10-14-16(22-18)9-13-8-11(3)7-12(4)17(13)14/h7-8,14,16,18H,5-6,9-10H2,1-4H3.